The number of benzene rings is 2. The summed E-state index contributed by atoms with van der Waals surface area (Å²) in [5, 5.41) is -0.657. The number of hydrogen-bond acceptors (Lipinski definition) is 5. The van der Waals surface area contributed by atoms with Gasteiger partial charge in [-0.25, -0.2) is 16.8 Å². The van der Waals surface area contributed by atoms with Crippen LogP contribution >= 0.6 is 0 Å². The number of anilines is 1. The summed E-state index contributed by atoms with van der Waals surface area (Å²) >= 11 is 0. The quantitative estimate of drug-likeness (QED) is 0.776. The van der Waals surface area contributed by atoms with Crippen LogP contribution in [0.25, 0.3) is 0 Å². The second kappa shape index (κ2) is 7.20. The molecule has 140 valence electrons. The second-order valence-electron chi connectivity index (χ2n) is 6.22. The highest BCUT2D eigenvalue weighted by Crippen LogP contribution is 2.24. The van der Waals surface area contributed by atoms with Gasteiger partial charge in [-0.15, -0.1) is 0 Å². The molecule has 0 aliphatic rings. The molecule has 0 saturated carbocycles. The van der Waals surface area contributed by atoms with E-state index < -0.39 is 30.8 Å². The van der Waals surface area contributed by atoms with Gasteiger partial charge in [0, 0.05) is 19.0 Å². The molecule has 0 saturated heterocycles. The van der Waals surface area contributed by atoms with E-state index in [1.165, 1.54) is 48.3 Å². The molecule has 0 heterocycles. The first kappa shape index (κ1) is 20.1. The lowest BCUT2D eigenvalue weighted by molar-refractivity contribution is 0.0990. The summed E-state index contributed by atoms with van der Waals surface area (Å²) in [6.45, 7) is 3.12. The molecule has 8 heteroatoms. The maximum absolute atomic E-state index is 12.9. The van der Waals surface area contributed by atoms with E-state index in [1.807, 2.05) is 0 Å². The minimum Gasteiger partial charge on any atom is -0.311 e. The van der Waals surface area contributed by atoms with Crippen LogP contribution in [0.1, 0.15) is 24.2 Å². The van der Waals surface area contributed by atoms with Crippen LogP contribution in [0.3, 0.4) is 0 Å². The molecule has 0 atom stereocenters. The third-order valence-electron chi connectivity index (χ3n) is 4.00. The molecule has 0 radical (unpaired) electrons. The lowest BCUT2D eigenvalue weighted by Crippen LogP contribution is -2.28. The molecule has 0 fully saturated rings. The Balaban J connectivity index is 2.44. The molecule has 0 bridgehead atoms. The lowest BCUT2D eigenvalue weighted by atomic mass is 10.2. The summed E-state index contributed by atoms with van der Waals surface area (Å²) in [6.07, 6.45) is 1.10. The molecular weight excluding hydrogens is 374 g/mol. The van der Waals surface area contributed by atoms with Crippen molar-refractivity contribution >= 4 is 31.3 Å². The van der Waals surface area contributed by atoms with Gasteiger partial charge in [0.25, 0.3) is 5.91 Å². The molecular formula is C18H21NO5S2. The van der Waals surface area contributed by atoms with E-state index in [2.05, 4.69) is 0 Å². The molecule has 2 aromatic rings. The average molecular weight is 396 g/mol. The van der Waals surface area contributed by atoms with Crippen LogP contribution in [-0.4, -0.2) is 41.3 Å². The fourth-order valence-electron chi connectivity index (χ4n) is 2.36. The van der Waals surface area contributed by atoms with Gasteiger partial charge in [-0.3, -0.25) is 4.79 Å². The topological polar surface area (TPSA) is 88.6 Å². The summed E-state index contributed by atoms with van der Waals surface area (Å²) in [4.78, 5) is 14.3. The van der Waals surface area contributed by atoms with E-state index in [-0.39, 0.29) is 15.4 Å². The minimum absolute atomic E-state index is 0.0143. The first-order chi connectivity index (χ1) is 12.0. The Bertz CT molecular complexity index is 1020. The molecule has 0 aliphatic carbocycles. The fraction of sp³-hybridized carbons (Fsp3) is 0.278. The van der Waals surface area contributed by atoms with E-state index >= 15 is 0 Å². The highest BCUT2D eigenvalue weighted by atomic mass is 32.2. The van der Waals surface area contributed by atoms with Crippen molar-refractivity contribution < 1.29 is 21.6 Å². The van der Waals surface area contributed by atoms with E-state index in [4.69, 9.17) is 0 Å². The van der Waals surface area contributed by atoms with Crippen molar-refractivity contribution in [3.8, 4) is 0 Å². The minimum atomic E-state index is -3.62. The predicted octanol–water partition coefficient (Wildman–Crippen LogP) is 2.55. The van der Waals surface area contributed by atoms with E-state index in [9.17, 15) is 21.6 Å². The predicted molar refractivity (Wildman–Crippen MR) is 101 cm³/mol. The standard InChI is InChI=1S/C18H21NO5S2/c1-13(2)26(23,24)17-8-6-5-7-16(17)18(20)19(3)14-9-11-15(12-10-14)25(4,21)22/h5-13H,1-4H3. The lowest BCUT2D eigenvalue weighted by Gasteiger charge is -2.20. The molecule has 0 spiro atoms. The number of amides is 1. The summed E-state index contributed by atoms with van der Waals surface area (Å²) in [5.41, 5.74) is 0.537. The Kier molecular flexibility index (Phi) is 5.58. The zero-order valence-electron chi connectivity index (χ0n) is 15.0. The van der Waals surface area contributed by atoms with Crippen LogP contribution in [0, 0.1) is 0 Å². The van der Waals surface area contributed by atoms with Gasteiger partial charge in [-0.1, -0.05) is 12.1 Å². The average Bonchev–Trinajstić information content (AvgIpc) is 2.59. The summed E-state index contributed by atoms with van der Waals surface area (Å²) in [6, 6.07) is 11.9. The molecule has 26 heavy (non-hydrogen) atoms. The van der Waals surface area contributed by atoms with Crippen molar-refractivity contribution in [3.05, 3.63) is 54.1 Å². The van der Waals surface area contributed by atoms with Crippen molar-refractivity contribution in [2.75, 3.05) is 18.2 Å². The maximum atomic E-state index is 12.9. The van der Waals surface area contributed by atoms with Crippen molar-refractivity contribution in [1.29, 1.82) is 0 Å². The third kappa shape index (κ3) is 3.96. The number of hydrogen-bond donors (Lipinski definition) is 0. The summed E-state index contributed by atoms with van der Waals surface area (Å²) < 4.78 is 48.1. The molecule has 0 N–H and O–H groups in total. The fourth-order valence-corrected chi connectivity index (χ4v) is 4.23. The van der Waals surface area contributed by atoms with Gasteiger partial charge >= 0.3 is 0 Å². The SMILES string of the molecule is CC(C)S(=O)(=O)c1ccccc1C(=O)N(C)c1ccc(S(C)(=O)=O)cc1. The van der Waals surface area contributed by atoms with Crippen molar-refractivity contribution in [2.45, 2.75) is 28.9 Å². The van der Waals surface area contributed by atoms with E-state index in [0.29, 0.717) is 5.69 Å². The number of carbonyl (C=O) groups is 1. The van der Waals surface area contributed by atoms with Crippen LogP contribution in [0.15, 0.2) is 58.3 Å². The zero-order chi connectivity index (χ0) is 19.7. The van der Waals surface area contributed by atoms with Crippen LogP contribution in [-0.2, 0) is 19.7 Å². The van der Waals surface area contributed by atoms with Gasteiger partial charge in [-0.05, 0) is 50.2 Å². The highest BCUT2D eigenvalue weighted by Gasteiger charge is 2.27. The first-order valence-electron chi connectivity index (χ1n) is 7.87. The molecule has 2 rings (SSSR count). The van der Waals surface area contributed by atoms with Crippen LogP contribution in [0.5, 0.6) is 0 Å². The van der Waals surface area contributed by atoms with Gasteiger partial charge in [0.1, 0.15) is 0 Å². The van der Waals surface area contributed by atoms with Gasteiger partial charge in [0.15, 0.2) is 19.7 Å². The molecule has 1 amide bonds. The molecule has 0 aliphatic heterocycles. The molecule has 6 nitrogen and oxygen atoms in total. The Morgan fingerprint density at radius 1 is 0.923 bits per heavy atom. The largest absolute Gasteiger partial charge is 0.311 e. The summed E-state index contributed by atoms with van der Waals surface area (Å²) in [7, 11) is -5.45. The maximum Gasteiger partial charge on any atom is 0.259 e. The van der Waals surface area contributed by atoms with Crippen molar-refractivity contribution in [1.82, 2.24) is 0 Å². The number of sulfone groups is 2. The number of carbonyl (C=O) groups excluding carboxylic acids is 1. The van der Waals surface area contributed by atoms with Crippen LogP contribution in [0.2, 0.25) is 0 Å². The third-order valence-corrected chi connectivity index (χ3v) is 7.34. The highest BCUT2D eigenvalue weighted by molar-refractivity contribution is 7.92. The van der Waals surface area contributed by atoms with Gasteiger partial charge < -0.3 is 4.90 Å². The van der Waals surface area contributed by atoms with E-state index in [0.717, 1.165) is 6.26 Å². The molecule has 0 unspecified atom stereocenters. The first-order valence-corrected chi connectivity index (χ1v) is 11.3. The van der Waals surface area contributed by atoms with Gasteiger partial charge in [-0.2, -0.15) is 0 Å². The Morgan fingerprint density at radius 3 is 1.96 bits per heavy atom. The summed E-state index contributed by atoms with van der Waals surface area (Å²) in [5.74, 6) is -0.489. The molecule has 0 aromatic heterocycles. The number of nitrogens with zero attached hydrogens (tertiary/aromatic N) is 1. The van der Waals surface area contributed by atoms with Crippen LogP contribution < -0.4 is 4.90 Å². The zero-order valence-corrected chi connectivity index (χ0v) is 16.6. The Labute approximate surface area is 154 Å². The number of rotatable bonds is 5. The van der Waals surface area contributed by atoms with Crippen LogP contribution in [0.4, 0.5) is 5.69 Å². The van der Waals surface area contributed by atoms with Crippen molar-refractivity contribution in [3.63, 3.8) is 0 Å². The molecule has 2 aromatic carbocycles. The Hall–Kier alpha value is -2.19. The smallest absolute Gasteiger partial charge is 0.259 e. The van der Waals surface area contributed by atoms with Gasteiger partial charge in [0.05, 0.1) is 20.6 Å². The monoisotopic (exact) mass is 395 g/mol. The van der Waals surface area contributed by atoms with Gasteiger partial charge in [0.2, 0.25) is 0 Å². The second-order valence-corrected chi connectivity index (χ2v) is 10.7. The van der Waals surface area contributed by atoms with Crippen molar-refractivity contribution in [2.24, 2.45) is 0 Å². The van der Waals surface area contributed by atoms with E-state index in [1.54, 1.807) is 26.0 Å². The Morgan fingerprint density at radius 2 is 1.46 bits per heavy atom. The normalized spacial score (nSPS) is 12.2.